The molecule has 42 heavy (non-hydrogen) atoms. The molecule has 1 atom stereocenters. The third kappa shape index (κ3) is 8.11. The summed E-state index contributed by atoms with van der Waals surface area (Å²) < 4.78 is 29.0. The Morgan fingerprint density at radius 1 is 0.881 bits per heavy atom. The van der Waals surface area contributed by atoms with E-state index >= 15 is 0 Å². The maximum absolute atomic E-state index is 14.2. The molecule has 0 fully saturated rings. The number of halogens is 4. The zero-order valence-corrected chi connectivity index (χ0v) is 27.8. The van der Waals surface area contributed by atoms with E-state index in [9.17, 15) is 18.0 Å². The van der Waals surface area contributed by atoms with Crippen LogP contribution in [0.1, 0.15) is 45.2 Å². The van der Waals surface area contributed by atoms with Crippen LogP contribution in [0, 0.1) is 6.92 Å². The quantitative estimate of drug-likeness (QED) is 0.241. The van der Waals surface area contributed by atoms with E-state index in [-0.39, 0.29) is 33.6 Å². The monoisotopic (exact) mass is 671 g/mol. The van der Waals surface area contributed by atoms with Crippen molar-refractivity contribution in [3.63, 3.8) is 0 Å². The summed E-state index contributed by atoms with van der Waals surface area (Å²) in [6.45, 7) is 8.24. The molecule has 226 valence electrons. The summed E-state index contributed by atoms with van der Waals surface area (Å²) >= 11 is 25.7. The van der Waals surface area contributed by atoms with Crippen molar-refractivity contribution in [2.75, 3.05) is 10.8 Å². The van der Waals surface area contributed by atoms with Crippen LogP contribution < -0.4 is 9.62 Å². The Bertz CT molecular complexity index is 1540. The first-order chi connectivity index (χ1) is 19.6. The van der Waals surface area contributed by atoms with Crippen molar-refractivity contribution in [3.05, 3.63) is 91.9 Å². The van der Waals surface area contributed by atoms with Crippen LogP contribution in [0.3, 0.4) is 0 Å². The Morgan fingerprint density at radius 2 is 1.43 bits per heavy atom. The fraction of sp³-hybridized carbons (Fsp3) is 0.333. The van der Waals surface area contributed by atoms with Gasteiger partial charge in [0.1, 0.15) is 12.6 Å². The number of hydrogen-bond donors (Lipinski definition) is 1. The van der Waals surface area contributed by atoms with Gasteiger partial charge in [-0.3, -0.25) is 13.9 Å². The third-order valence-corrected chi connectivity index (χ3v) is 9.65. The number of nitrogens with one attached hydrogen (secondary N) is 1. The van der Waals surface area contributed by atoms with E-state index < -0.39 is 40.0 Å². The maximum atomic E-state index is 14.2. The van der Waals surface area contributed by atoms with E-state index in [0.29, 0.717) is 15.6 Å². The Hall–Kier alpha value is -2.49. The number of carbonyl (C=O) groups is 2. The molecule has 0 heterocycles. The van der Waals surface area contributed by atoms with E-state index in [1.807, 2.05) is 27.7 Å². The first-order valence-electron chi connectivity index (χ1n) is 13.1. The van der Waals surface area contributed by atoms with Gasteiger partial charge in [-0.2, -0.15) is 0 Å². The number of carbonyl (C=O) groups excluding carboxylic acids is 2. The van der Waals surface area contributed by atoms with Crippen molar-refractivity contribution < 1.29 is 18.0 Å². The smallest absolute Gasteiger partial charge is 0.264 e. The SMILES string of the molecule is CC[C@@H](C(=O)NC(C)(C)C)N(Cc1c(Cl)cccc1Cl)C(=O)CN(c1cccc(Cl)c1Cl)S(=O)(=O)c1ccc(C)cc1. The zero-order valence-electron chi connectivity index (χ0n) is 23.9. The van der Waals surface area contributed by atoms with Crippen LogP contribution in [0.5, 0.6) is 0 Å². The molecule has 0 radical (unpaired) electrons. The predicted octanol–water partition coefficient (Wildman–Crippen LogP) is 7.53. The number of nitrogens with zero attached hydrogens (tertiary/aromatic N) is 2. The highest BCUT2D eigenvalue weighted by atomic mass is 35.5. The van der Waals surface area contributed by atoms with Crippen LogP contribution in [0.4, 0.5) is 5.69 Å². The minimum Gasteiger partial charge on any atom is -0.350 e. The molecule has 12 heteroatoms. The lowest BCUT2D eigenvalue weighted by Crippen LogP contribution is -2.55. The second kappa shape index (κ2) is 13.9. The van der Waals surface area contributed by atoms with Gasteiger partial charge in [0.2, 0.25) is 11.8 Å². The van der Waals surface area contributed by atoms with Gasteiger partial charge in [-0.1, -0.05) is 83.2 Å². The number of rotatable bonds is 10. The van der Waals surface area contributed by atoms with Gasteiger partial charge in [-0.05, 0) is 70.5 Å². The average Bonchev–Trinajstić information content (AvgIpc) is 2.89. The number of amides is 2. The van der Waals surface area contributed by atoms with Gasteiger partial charge < -0.3 is 10.2 Å². The summed E-state index contributed by atoms with van der Waals surface area (Å²) in [5.41, 5.74) is 0.706. The summed E-state index contributed by atoms with van der Waals surface area (Å²) in [6.07, 6.45) is 0.234. The molecular weight excluding hydrogens is 640 g/mol. The lowest BCUT2D eigenvalue weighted by atomic mass is 10.1. The van der Waals surface area contributed by atoms with E-state index in [4.69, 9.17) is 46.4 Å². The van der Waals surface area contributed by atoms with Crippen LogP contribution >= 0.6 is 46.4 Å². The molecule has 1 N–H and O–H groups in total. The highest BCUT2D eigenvalue weighted by Crippen LogP contribution is 2.36. The van der Waals surface area contributed by atoms with Crippen molar-refractivity contribution in [1.82, 2.24) is 10.2 Å². The summed E-state index contributed by atoms with van der Waals surface area (Å²) in [5.74, 6) is -1.08. The number of anilines is 1. The molecule has 7 nitrogen and oxygen atoms in total. The topological polar surface area (TPSA) is 86.8 Å². The molecule has 0 aliphatic carbocycles. The Labute approximate surface area is 267 Å². The van der Waals surface area contributed by atoms with Gasteiger partial charge in [0.25, 0.3) is 10.0 Å². The van der Waals surface area contributed by atoms with Gasteiger partial charge >= 0.3 is 0 Å². The van der Waals surface area contributed by atoms with Crippen LogP contribution in [0.15, 0.2) is 65.6 Å². The van der Waals surface area contributed by atoms with Gasteiger partial charge in [0, 0.05) is 27.7 Å². The van der Waals surface area contributed by atoms with Crippen LogP contribution in [-0.4, -0.2) is 43.3 Å². The normalized spacial score (nSPS) is 12.5. The molecule has 0 unspecified atom stereocenters. The molecule has 3 aromatic rings. The van der Waals surface area contributed by atoms with Crippen molar-refractivity contribution in [3.8, 4) is 0 Å². The number of sulfonamides is 1. The van der Waals surface area contributed by atoms with Crippen molar-refractivity contribution in [1.29, 1.82) is 0 Å². The number of aryl methyl sites for hydroxylation is 1. The highest BCUT2D eigenvalue weighted by molar-refractivity contribution is 7.92. The van der Waals surface area contributed by atoms with E-state index in [1.165, 1.54) is 29.2 Å². The summed E-state index contributed by atoms with van der Waals surface area (Å²) in [4.78, 5) is 28.9. The summed E-state index contributed by atoms with van der Waals surface area (Å²) in [7, 11) is -4.32. The Morgan fingerprint density at radius 3 is 1.98 bits per heavy atom. The largest absolute Gasteiger partial charge is 0.350 e. The van der Waals surface area contributed by atoms with Crippen molar-refractivity contribution >= 4 is 73.9 Å². The molecule has 0 saturated carbocycles. The number of hydrogen-bond acceptors (Lipinski definition) is 4. The maximum Gasteiger partial charge on any atom is 0.264 e. The van der Waals surface area contributed by atoms with Crippen molar-refractivity contribution in [2.45, 2.75) is 64.1 Å². The zero-order chi connectivity index (χ0) is 31.4. The molecule has 3 rings (SSSR count). The summed E-state index contributed by atoms with van der Waals surface area (Å²) in [5, 5.41) is 3.58. The van der Waals surface area contributed by atoms with Gasteiger partial charge in [0.15, 0.2) is 0 Å². The van der Waals surface area contributed by atoms with E-state index in [2.05, 4.69) is 5.32 Å². The third-order valence-electron chi connectivity index (χ3n) is 6.36. The van der Waals surface area contributed by atoms with Crippen LogP contribution in [0.2, 0.25) is 20.1 Å². The second-order valence-corrected chi connectivity index (χ2v) is 14.2. The number of benzene rings is 3. The van der Waals surface area contributed by atoms with Gasteiger partial charge in [-0.15, -0.1) is 0 Å². The molecular formula is C30H33Cl4N3O4S. The molecule has 0 bridgehead atoms. The van der Waals surface area contributed by atoms with E-state index in [0.717, 1.165) is 9.87 Å². The Kier molecular flexibility index (Phi) is 11.2. The predicted molar refractivity (Wildman–Crippen MR) is 171 cm³/mol. The van der Waals surface area contributed by atoms with Crippen LogP contribution in [0.25, 0.3) is 0 Å². The Balaban J connectivity index is 2.16. The standard InChI is InChI=1S/C30H33Cl4N3O4S/c1-6-25(29(39)35-30(3,4)5)36(17-21-22(31)9-7-10-23(21)32)27(38)18-37(26-12-8-11-24(33)28(26)34)42(40,41)20-15-13-19(2)14-16-20/h7-16,25H,6,17-18H2,1-5H3,(H,35,39)/t25-/m0/s1. The minimum atomic E-state index is -4.32. The molecule has 0 aliphatic heterocycles. The lowest BCUT2D eigenvalue weighted by molar-refractivity contribution is -0.141. The molecule has 0 aromatic heterocycles. The minimum absolute atomic E-state index is 0.0148. The first kappa shape index (κ1) is 34.0. The first-order valence-corrected chi connectivity index (χ1v) is 16.1. The molecule has 0 saturated heterocycles. The summed E-state index contributed by atoms with van der Waals surface area (Å²) in [6, 6.07) is 14.7. The van der Waals surface area contributed by atoms with E-state index in [1.54, 1.807) is 43.3 Å². The fourth-order valence-corrected chi connectivity index (χ4v) is 6.65. The molecule has 0 spiro atoms. The van der Waals surface area contributed by atoms with Gasteiger partial charge in [-0.25, -0.2) is 8.42 Å². The lowest BCUT2D eigenvalue weighted by Gasteiger charge is -2.35. The average molecular weight is 673 g/mol. The van der Waals surface area contributed by atoms with Crippen LogP contribution in [-0.2, 0) is 26.2 Å². The molecule has 2 amide bonds. The van der Waals surface area contributed by atoms with Gasteiger partial charge in [0.05, 0.1) is 20.6 Å². The highest BCUT2D eigenvalue weighted by Gasteiger charge is 2.36. The second-order valence-electron chi connectivity index (χ2n) is 10.8. The molecule has 0 aliphatic rings. The fourth-order valence-electron chi connectivity index (χ4n) is 4.26. The molecule has 3 aromatic carbocycles. The van der Waals surface area contributed by atoms with Crippen molar-refractivity contribution in [2.24, 2.45) is 0 Å².